The highest BCUT2D eigenvalue weighted by atomic mass is 16.6. The summed E-state index contributed by atoms with van der Waals surface area (Å²) in [5.74, 6) is -1.44. The fourth-order valence-electron chi connectivity index (χ4n) is 3.53. The maximum atomic E-state index is 11.2. The van der Waals surface area contributed by atoms with E-state index in [1.165, 1.54) is 9.58 Å². The second-order valence-electron chi connectivity index (χ2n) is 6.60. The lowest BCUT2D eigenvalue weighted by Gasteiger charge is -2.36. The number of pyridine rings is 1. The fraction of sp³-hybridized carbons (Fsp3) is 0.625. The summed E-state index contributed by atoms with van der Waals surface area (Å²) in [6.07, 6.45) is -2.05. The van der Waals surface area contributed by atoms with Crippen LogP contribution in [0.4, 0.5) is 0 Å². The number of carbonyl (C=O) groups is 1. The van der Waals surface area contributed by atoms with Crippen molar-refractivity contribution in [2.45, 2.75) is 55.9 Å². The van der Waals surface area contributed by atoms with E-state index in [-0.39, 0.29) is 6.04 Å². The Hall–Kier alpha value is -2.14. The molecule has 1 aromatic heterocycles. The van der Waals surface area contributed by atoms with Crippen LogP contribution >= 0.6 is 0 Å². The van der Waals surface area contributed by atoms with Crippen molar-refractivity contribution in [3.8, 4) is 0 Å². The standard InChI is InChI=1S/C16H21N3O7/c20-11-12(21)14(16(23)24)26-15(13(11)22)18-6-3-4-9(8-18)10-5-1-2-7-19(10)17-25/h3-4,6,8,10-15,20-22H,1-2,5,7H2/p+1/t10?,11-,12-,13+,14-,15?/m0/s1. The maximum Gasteiger partial charge on any atom is 0.335 e. The monoisotopic (exact) mass is 368 g/mol. The summed E-state index contributed by atoms with van der Waals surface area (Å²) in [5.41, 5.74) is 0.759. The summed E-state index contributed by atoms with van der Waals surface area (Å²) in [4.78, 5) is 22.3. The minimum absolute atomic E-state index is 0.222. The first-order valence-electron chi connectivity index (χ1n) is 8.47. The minimum Gasteiger partial charge on any atom is -0.479 e. The van der Waals surface area contributed by atoms with Crippen LogP contribution in [0.15, 0.2) is 29.8 Å². The normalized spacial score (nSPS) is 35.1. The molecule has 2 aliphatic heterocycles. The third-order valence-electron chi connectivity index (χ3n) is 4.93. The number of aliphatic hydroxyl groups is 3. The predicted octanol–water partition coefficient (Wildman–Crippen LogP) is -0.753. The first-order chi connectivity index (χ1) is 12.4. The van der Waals surface area contributed by atoms with Crippen LogP contribution in [0.3, 0.4) is 0 Å². The molecule has 0 radical (unpaired) electrons. The number of hydrogen-bond donors (Lipinski definition) is 4. The quantitative estimate of drug-likeness (QED) is 0.401. The molecule has 2 saturated heterocycles. The lowest BCUT2D eigenvalue weighted by Crippen LogP contribution is -2.63. The highest BCUT2D eigenvalue weighted by molar-refractivity contribution is 5.73. The Balaban J connectivity index is 1.89. The molecule has 2 unspecified atom stereocenters. The van der Waals surface area contributed by atoms with Crippen LogP contribution in [0.5, 0.6) is 0 Å². The van der Waals surface area contributed by atoms with Gasteiger partial charge in [-0.05, 0) is 25.3 Å². The SMILES string of the molecule is O=NN1CCCCC1c1ccc[n+](C2O[C@H](C(=O)O)[C@@H](O)[C@H](O)[C@H]2O)c1. The molecule has 2 fully saturated rings. The molecule has 10 heteroatoms. The minimum atomic E-state index is -1.74. The largest absolute Gasteiger partial charge is 0.479 e. The Bertz CT molecular complexity index is 673. The summed E-state index contributed by atoms with van der Waals surface area (Å²) in [5, 5.41) is 43.7. The van der Waals surface area contributed by atoms with Crippen LogP contribution in [0.2, 0.25) is 0 Å². The van der Waals surface area contributed by atoms with Crippen molar-refractivity contribution < 1.29 is 34.5 Å². The fourth-order valence-corrected chi connectivity index (χ4v) is 3.53. The molecule has 0 bridgehead atoms. The van der Waals surface area contributed by atoms with Gasteiger partial charge in [0.05, 0.1) is 11.3 Å². The molecular weight excluding hydrogens is 346 g/mol. The molecule has 0 amide bonds. The number of nitrogens with zero attached hydrogens (tertiary/aromatic N) is 3. The molecule has 3 rings (SSSR count). The van der Waals surface area contributed by atoms with Gasteiger partial charge < -0.3 is 25.2 Å². The first kappa shape index (κ1) is 18.6. The van der Waals surface area contributed by atoms with E-state index in [0.717, 1.165) is 24.8 Å². The van der Waals surface area contributed by atoms with Crippen molar-refractivity contribution in [3.63, 3.8) is 0 Å². The van der Waals surface area contributed by atoms with E-state index in [0.29, 0.717) is 6.54 Å². The van der Waals surface area contributed by atoms with E-state index >= 15 is 0 Å². The van der Waals surface area contributed by atoms with Gasteiger partial charge in [-0.3, -0.25) is 5.01 Å². The number of piperidine rings is 1. The third-order valence-corrected chi connectivity index (χ3v) is 4.93. The smallest absolute Gasteiger partial charge is 0.335 e. The maximum absolute atomic E-state index is 11.2. The van der Waals surface area contributed by atoms with Crippen molar-refractivity contribution in [1.29, 1.82) is 0 Å². The molecule has 0 aromatic carbocycles. The van der Waals surface area contributed by atoms with Crippen LogP contribution in [0.1, 0.15) is 37.1 Å². The number of ether oxygens (including phenoxy) is 1. The van der Waals surface area contributed by atoms with Crippen molar-refractivity contribution in [3.05, 3.63) is 35.0 Å². The van der Waals surface area contributed by atoms with Gasteiger partial charge in [0.1, 0.15) is 12.2 Å². The van der Waals surface area contributed by atoms with E-state index < -0.39 is 36.6 Å². The zero-order valence-corrected chi connectivity index (χ0v) is 14.0. The molecule has 3 heterocycles. The van der Waals surface area contributed by atoms with Crippen molar-refractivity contribution in [2.24, 2.45) is 5.29 Å². The number of carboxylic acids is 1. The Morgan fingerprint density at radius 3 is 2.69 bits per heavy atom. The zero-order chi connectivity index (χ0) is 18.8. The molecule has 2 aliphatic rings. The van der Waals surface area contributed by atoms with Gasteiger partial charge in [0.2, 0.25) is 0 Å². The number of rotatable bonds is 4. The lowest BCUT2D eigenvalue weighted by molar-refractivity contribution is -0.777. The van der Waals surface area contributed by atoms with Crippen LogP contribution in [-0.4, -0.2) is 62.4 Å². The van der Waals surface area contributed by atoms with E-state index in [2.05, 4.69) is 5.29 Å². The van der Waals surface area contributed by atoms with Crippen molar-refractivity contribution in [1.82, 2.24) is 5.01 Å². The summed E-state index contributed by atoms with van der Waals surface area (Å²) >= 11 is 0. The average molecular weight is 368 g/mol. The van der Waals surface area contributed by atoms with Crippen molar-refractivity contribution >= 4 is 5.97 Å². The molecular formula is C16H22N3O7+. The number of aliphatic hydroxyl groups excluding tert-OH is 3. The predicted molar refractivity (Wildman–Crippen MR) is 85.3 cm³/mol. The number of nitroso groups, excluding NO2 is 1. The van der Waals surface area contributed by atoms with Gasteiger partial charge in [-0.1, -0.05) is 0 Å². The summed E-state index contributed by atoms with van der Waals surface area (Å²) < 4.78 is 6.76. The topological polar surface area (TPSA) is 144 Å². The second kappa shape index (κ2) is 7.62. The molecule has 0 aliphatic carbocycles. The Kier molecular flexibility index (Phi) is 5.47. The van der Waals surface area contributed by atoms with E-state index in [4.69, 9.17) is 9.84 Å². The number of aromatic nitrogens is 1. The highest BCUT2D eigenvalue weighted by Crippen LogP contribution is 2.31. The Morgan fingerprint density at radius 1 is 1.23 bits per heavy atom. The molecule has 26 heavy (non-hydrogen) atoms. The highest BCUT2D eigenvalue weighted by Gasteiger charge is 2.51. The van der Waals surface area contributed by atoms with E-state index in [1.54, 1.807) is 24.5 Å². The lowest BCUT2D eigenvalue weighted by atomic mass is 9.96. The second-order valence-corrected chi connectivity index (χ2v) is 6.60. The summed E-state index contributed by atoms with van der Waals surface area (Å²) in [6.45, 7) is 0.553. The van der Waals surface area contributed by atoms with Gasteiger partial charge in [-0.15, -0.1) is 4.91 Å². The molecule has 0 saturated carbocycles. The Labute approximate surface area is 149 Å². The van der Waals surface area contributed by atoms with Gasteiger partial charge in [-0.25, -0.2) is 4.79 Å². The molecule has 10 nitrogen and oxygen atoms in total. The van der Waals surface area contributed by atoms with E-state index in [9.17, 15) is 25.0 Å². The molecule has 142 valence electrons. The summed E-state index contributed by atoms with van der Waals surface area (Å²) in [7, 11) is 0. The number of aliphatic carboxylic acids is 1. The third kappa shape index (κ3) is 3.40. The summed E-state index contributed by atoms with van der Waals surface area (Å²) in [6, 6.07) is 3.26. The average Bonchev–Trinajstić information content (AvgIpc) is 2.66. The van der Waals surface area contributed by atoms with Gasteiger partial charge in [-0.2, -0.15) is 4.57 Å². The van der Waals surface area contributed by atoms with Gasteiger partial charge in [0, 0.05) is 18.2 Å². The number of hydrogen-bond acceptors (Lipinski definition) is 7. The molecule has 4 N–H and O–H groups in total. The first-order valence-corrected chi connectivity index (χ1v) is 8.47. The van der Waals surface area contributed by atoms with Gasteiger partial charge in [0.15, 0.2) is 24.6 Å². The molecule has 6 atom stereocenters. The van der Waals surface area contributed by atoms with Crippen LogP contribution in [0.25, 0.3) is 0 Å². The van der Waals surface area contributed by atoms with E-state index in [1.807, 2.05) is 0 Å². The van der Waals surface area contributed by atoms with Crippen molar-refractivity contribution in [2.75, 3.05) is 6.54 Å². The van der Waals surface area contributed by atoms with Crippen LogP contribution in [-0.2, 0) is 9.53 Å². The zero-order valence-electron chi connectivity index (χ0n) is 14.0. The molecule has 0 spiro atoms. The van der Waals surface area contributed by atoms with Crippen LogP contribution < -0.4 is 4.57 Å². The van der Waals surface area contributed by atoms with Crippen LogP contribution in [0, 0.1) is 4.91 Å². The number of carboxylic acid groups (broad SMARTS) is 1. The molecule has 1 aromatic rings. The van der Waals surface area contributed by atoms with Gasteiger partial charge >= 0.3 is 5.97 Å². The van der Waals surface area contributed by atoms with Gasteiger partial charge in [0.25, 0.3) is 6.23 Å². The Morgan fingerprint density at radius 2 is 2.00 bits per heavy atom.